The second kappa shape index (κ2) is 8.82. The van der Waals surface area contributed by atoms with Gasteiger partial charge in [-0.1, -0.05) is 38.1 Å². The number of halogens is 1. The second-order valence-corrected chi connectivity index (χ2v) is 6.02. The van der Waals surface area contributed by atoms with Gasteiger partial charge >= 0.3 is 0 Å². The Morgan fingerprint density at radius 1 is 1.04 bits per heavy atom. The first-order chi connectivity index (χ1) is 12.0. The fraction of sp³-hybridized carbons (Fsp3) is 0.263. The van der Waals surface area contributed by atoms with E-state index in [1.165, 1.54) is 18.2 Å². The zero-order chi connectivity index (χ0) is 18.2. The third-order valence-corrected chi connectivity index (χ3v) is 3.37. The summed E-state index contributed by atoms with van der Waals surface area (Å²) in [4.78, 5) is 23.6. The number of carbonyl (C=O) groups excluding carboxylic acids is 2. The summed E-state index contributed by atoms with van der Waals surface area (Å²) in [6.07, 6.45) is 0.937. The van der Waals surface area contributed by atoms with Crippen LogP contribution < -0.4 is 15.6 Å². The van der Waals surface area contributed by atoms with Crippen LogP contribution in [0.4, 0.5) is 4.39 Å². The van der Waals surface area contributed by atoms with E-state index in [1.54, 1.807) is 18.2 Å². The maximum absolute atomic E-state index is 13.4. The van der Waals surface area contributed by atoms with Crippen LogP contribution >= 0.6 is 0 Å². The van der Waals surface area contributed by atoms with Crippen molar-refractivity contribution in [3.05, 3.63) is 65.5 Å². The number of benzene rings is 2. The predicted octanol–water partition coefficient (Wildman–Crippen LogP) is 2.86. The number of rotatable bonds is 6. The van der Waals surface area contributed by atoms with Gasteiger partial charge in [0.15, 0.2) is 18.2 Å². The molecule has 5 nitrogen and oxygen atoms in total. The molecule has 0 aliphatic rings. The quantitative estimate of drug-likeness (QED) is 0.792. The Balaban J connectivity index is 1.79. The smallest absolute Gasteiger partial charge is 0.276 e. The fourth-order valence-corrected chi connectivity index (χ4v) is 2.20. The van der Waals surface area contributed by atoms with Crippen LogP contribution in [0.5, 0.6) is 5.75 Å². The minimum absolute atomic E-state index is 0.0234. The van der Waals surface area contributed by atoms with Crippen LogP contribution in [0.1, 0.15) is 29.8 Å². The topological polar surface area (TPSA) is 67.4 Å². The highest BCUT2D eigenvalue weighted by atomic mass is 19.1. The second-order valence-electron chi connectivity index (χ2n) is 6.02. The maximum Gasteiger partial charge on any atom is 0.276 e. The van der Waals surface area contributed by atoms with E-state index in [9.17, 15) is 14.0 Å². The molecule has 0 saturated carbocycles. The Kier molecular flexibility index (Phi) is 6.51. The molecule has 25 heavy (non-hydrogen) atoms. The van der Waals surface area contributed by atoms with Gasteiger partial charge in [-0.3, -0.25) is 20.4 Å². The summed E-state index contributed by atoms with van der Waals surface area (Å²) in [7, 11) is 0. The molecule has 2 rings (SSSR count). The van der Waals surface area contributed by atoms with Gasteiger partial charge in [0.05, 0.1) is 0 Å². The number of carbonyl (C=O) groups is 2. The molecule has 6 heteroatoms. The van der Waals surface area contributed by atoms with E-state index in [0.29, 0.717) is 11.5 Å². The van der Waals surface area contributed by atoms with Crippen molar-refractivity contribution in [1.29, 1.82) is 0 Å². The maximum atomic E-state index is 13.4. The number of ether oxygens (including phenoxy) is 1. The molecule has 2 aromatic carbocycles. The molecule has 0 unspecified atom stereocenters. The third kappa shape index (κ3) is 5.91. The predicted molar refractivity (Wildman–Crippen MR) is 92.5 cm³/mol. The highest BCUT2D eigenvalue weighted by Crippen LogP contribution is 2.14. The molecule has 0 heterocycles. The summed E-state index contributed by atoms with van der Waals surface area (Å²) in [5.41, 5.74) is 6.11. The van der Waals surface area contributed by atoms with Crippen molar-refractivity contribution in [1.82, 2.24) is 10.9 Å². The number of nitrogens with one attached hydrogen (secondary N) is 2. The zero-order valence-electron chi connectivity index (χ0n) is 14.2. The molecule has 0 spiro atoms. The summed E-state index contributed by atoms with van der Waals surface area (Å²) in [5.74, 6) is -1.07. The summed E-state index contributed by atoms with van der Waals surface area (Å²) in [6, 6.07) is 13.0. The van der Waals surface area contributed by atoms with Gasteiger partial charge in [-0.05, 0) is 42.2 Å². The van der Waals surface area contributed by atoms with Crippen molar-refractivity contribution in [2.24, 2.45) is 5.92 Å². The molecule has 0 radical (unpaired) electrons. The number of para-hydroxylation sites is 1. The van der Waals surface area contributed by atoms with Gasteiger partial charge in [-0.2, -0.15) is 0 Å². The van der Waals surface area contributed by atoms with Crippen molar-refractivity contribution >= 4 is 11.8 Å². The van der Waals surface area contributed by atoms with E-state index >= 15 is 0 Å². The lowest BCUT2D eigenvalue weighted by atomic mass is 10.0. The van der Waals surface area contributed by atoms with Crippen molar-refractivity contribution < 1.29 is 18.7 Å². The summed E-state index contributed by atoms with van der Waals surface area (Å²) in [6.45, 7) is 3.84. The summed E-state index contributed by atoms with van der Waals surface area (Å²) in [5, 5.41) is 0. The molecule has 2 N–H and O–H groups in total. The molecule has 0 bridgehead atoms. The average molecular weight is 344 g/mol. The van der Waals surface area contributed by atoms with E-state index < -0.39 is 24.2 Å². The lowest BCUT2D eigenvalue weighted by molar-refractivity contribution is -0.123. The van der Waals surface area contributed by atoms with E-state index in [0.717, 1.165) is 12.0 Å². The standard InChI is InChI=1S/C19H21FN2O3/c1-13(2)11-14-7-9-15(10-8-14)19(24)22-21-18(23)12-25-17-6-4-3-5-16(17)20/h3-10,13H,11-12H2,1-2H3,(H,21,23)(H,22,24). The minimum Gasteiger partial charge on any atom is -0.481 e. The van der Waals surface area contributed by atoms with Gasteiger partial charge in [-0.25, -0.2) is 4.39 Å². The van der Waals surface area contributed by atoms with Gasteiger partial charge in [0.2, 0.25) is 0 Å². The highest BCUT2D eigenvalue weighted by Gasteiger charge is 2.09. The Morgan fingerprint density at radius 2 is 1.72 bits per heavy atom. The van der Waals surface area contributed by atoms with Crippen LogP contribution in [0.15, 0.2) is 48.5 Å². The molecule has 132 valence electrons. The van der Waals surface area contributed by atoms with E-state index in [2.05, 4.69) is 24.7 Å². The van der Waals surface area contributed by atoms with E-state index in [-0.39, 0.29) is 5.75 Å². The number of hydrogen-bond acceptors (Lipinski definition) is 3. The normalized spacial score (nSPS) is 10.4. The molecule has 0 aromatic heterocycles. The molecule has 2 aromatic rings. The largest absolute Gasteiger partial charge is 0.481 e. The molecule has 0 aliphatic carbocycles. The third-order valence-electron chi connectivity index (χ3n) is 3.37. The SMILES string of the molecule is CC(C)Cc1ccc(C(=O)NNC(=O)COc2ccccc2F)cc1. The molecule has 2 amide bonds. The number of hydrazine groups is 1. The van der Waals surface area contributed by atoms with Crippen LogP contribution in [-0.2, 0) is 11.2 Å². The molecule has 0 atom stereocenters. The van der Waals surface area contributed by atoms with Gasteiger partial charge in [0, 0.05) is 5.56 Å². The lowest BCUT2D eigenvalue weighted by Crippen LogP contribution is -2.43. The van der Waals surface area contributed by atoms with Crippen LogP contribution in [0.3, 0.4) is 0 Å². The van der Waals surface area contributed by atoms with Gasteiger partial charge in [0.1, 0.15) is 0 Å². The van der Waals surface area contributed by atoms with Gasteiger partial charge in [-0.15, -0.1) is 0 Å². The minimum atomic E-state index is -0.590. The van der Waals surface area contributed by atoms with Crippen LogP contribution in [0, 0.1) is 11.7 Å². The monoisotopic (exact) mass is 344 g/mol. The lowest BCUT2D eigenvalue weighted by Gasteiger charge is -2.10. The van der Waals surface area contributed by atoms with Crippen LogP contribution in [-0.4, -0.2) is 18.4 Å². The Morgan fingerprint density at radius 3 is 2.36 bits per heavy atom. The van der Waals surface area contributed by atoms with Gasteiger partial charge in [0.25, 0.3) is 11.8 Å². The Hall–Kier alpha value is -2.89. The van der Waals surface area contributed by atoms with Crippen molar-refractivity contribution in [3.63, 3.8) is 0 Å². The zero-order valence-corrected chi connectivity index (χ0v) is 14.2. The van der Waals surface area contributed by atoms with Crippen molar-refractivity contribution in [2.45, 2.75) is 20.3 Å². The molecule has 0 aliphatic heterocycles. The fourth-order valence-electron chi connectivity index (χ4n) is 2.20. The van der Waals surface area contributed by atoms with Crippen molar-refractivity contribution in [2.75, 3.05) is 6.61 Å². The Labute approximate surface area is 146 Å². The highest BCUT2D eigenvalue weighted by molar-refractivity contribution is 5.95. The first kappa shape index (κ1) is 18.4. The van der Waals surface area contributed by atoms with E-state index in [1.807, 2.05) is 12.1 Å². The van der Waals surface area contributed by atoms with Crippen molar-refractivity contribution in [3.8, 4) is 5.75 Å². The molecular formula is C19H21FN2O3. The molecule has 0 saturated heterocycles. The van der Waals surface area contributed by atoms with Crippen LogP contribution in [0.2, 0.25) is 0 Å². The Bertz CT molecular complexity index is 730. The average Bonchev–Trinajstić information content (AvgIpc) is 2.59. The van der Waals surface area contributed by atoms with Gasteiger partial charge < -0.3 is 4.74 Å². The molecular weight excluding hydrogens is 323 g/mol. The molecule has 0 fully saturated rings. The number of amides is 2. The van der Waals surface area contributed by atoms with Crippen LogP contribution in [0.25, 0.3) is 0 Å². The van der Waals surface area contributed by atoms with E-state index in [4.69, 9.17) is 4.74 Å². The first-order valence-electron chi connectivity index (χ1n) is 8.01. The number of hydrogen-bond donors (Lipinski definition) is 2. The summed E-state index contributed by atoms with van der Waals surface area (Å²) < 4.78 is 18.4. The summed E-state index contributed by atoms with van der Waals surface area (Å²) >= 11 is 0. The first-order valence-corrected chi connectivity index (χ1v) is 8.01.